The average Bonchev–Trinajstić information content (AvgIpc) is 2.38. The maximum Gasteiger partial charge on any atom is 0.101 e. The van der Waals surface area contributed by atoms with Crippen molar-refractivity contribution in [3.05, 3.63) is 72.6 Å². The quantitative estimate of drug-likeness (QED) is 0.705. The summed E-state index contributed by atoms with van der Waals surface area (Å²) in [7, 11) is -0.731. The summed E-state index contributed by atoms with van der Waals surface area (Å²) in [5.41, 5.74) is 0. The van der Waals surface area contributed by atoms with E-state index >= 15 is 0 Å². The highest BCUT2D eigenvalue weighted by Gasteiger charge is 2.17. The Labute approximate surface area is 98.4 Å². The molecule has 0 aliphatic heterocycles. The number of hydrogen-bond donors (Lipinski definition) is 0. The predicted octanol–water partition coefficient (Wildman–Crippen LogP) is 3.39. The van der Waals surface area contributed by atoms with Crippen molar-refractivity contribution in [2.24, 2.45) is 0 Å². The molecule has 1 heteroatoms. The highest BCUT2D eigenvalue weighted by Crippen LogP contribution is 2.34. The first-order valence-corrected chi connectivity index (χ1v) is 7.10. The van der Waals surface area contributed by atoms with Gasteiger partial charge in [0.05, 0.1) is 13.7 Å². The number of hydrogen-bond acceptors (Lipinski definition) is 0. The van der Waals surface area contributed by atoms with E-state index in [1.165, 1.54) is 10.6 Å². The zero-order valence-electron chi connectivity index (χ0n) is 9.43. The van der Waals surface area contributed by atoms with Gasteiger partial charge in [0.25, 0.3) is 0 Å². The molecule has 0 spiro atoms. The van der Waals surface area contributed by atoms with Gasteiger partial charge in [0.1, 0.15) is 10.6 Å². The second kappa shape index (κ2) is 5.63. The fourth-order valence-corrected chi connectivity index (χ4v) is 3.92. The monoisotopic (exact) mass is 227 g/mol. The normalized spacial score (nSPS) is 11.1. The van der Waals surface area contributed by atoms with Crippen molar-refractivity contribution < 1.29 is 0 Å². The number of allylic oxidation sites excluding steroid dienone is 1. The Balaban J connectivity index is 2.39. The minimum absolute atomic E-state index is 0.731. The molecular weight excluding hydrogens is 211 g/mol. The van der Waals surface area contributed by atoms with Crippen LogP contribution in [0.25, 0.3) is 0 Å². The van der Waals surface area contributed by atoms with Crippen LogP contribution in [-0.4, -0.2) is 0 Å². The molecular formula is C15H16P+. The predicted molar refractivity (Wildman–Crippen MR) is 75.3 cm³/mol. The summed E-state index contributed by atoms with van der Waals surface area (Å²) in [4.78, 5) is 0. The van der Waals surface area contributed by atoms with Crippen molar-refractivity contribution in [2.45, 2.75) is 6.92 Å². The summed E-state index contributed by atoms with van der Waals surface area (Å²) in [6, 6.07) is 21.5. The third kappa shape index (κ3) is 2.59. The van der Waals surface area contributed by atoms with Gasteiger partial charge in [0.2, 0.25) is 0 Å². The molecule has 0 N–H and O–H groups in total. The Hall–Kier alpha value is -1.39. The zero-order valence-corrected chi connectivity index (χ0v) is 10.4. The molecule has 0 aliphatic carbocycles. The van der Waals surface area contributed by atoms with Crippen LogP contribution in [0.1, 0.15) is 6.92 Å². The van der Waals surface area contributed by atoms with E-state index in [9.17, 15) is 0 Å². The molecule has 16 heavy (non-hydrogen) atoms. The van der Waals surface area contributed by atoms with Crippen LogP contribution < -0.4 is 10.6 Å². The molecule has 2 aromatic carbocycles. The van der Waals surface area contributed by atoms with E-state index in [0.29, 0.717) is 0 Å². The molecule has 0 amide bonds. The Morgan fingerprint density at radius 3 is 1.56 bits per heavy atom. The van der Waals surface area contributed by atoms with Crippen LogP contribution in [0, 0.1) is 0 Å². The van der Waals surface area contributed by atoms with Crippen molar-refractivity contribution in [3.8, 4) is 0 Å². The van der Waals surface area contributed by atoms with Crippen LogP contribution in [0.3, 0.4) is 0 Å². The fraction of sp³-hybridized carbons (Fsp3) is 0.0667. The molecule has 0 radical (unpaired) electrons. The third-order valence-corrected chi connectivity index (χ3v) is 5.08. The van der Waals surface area contributed by atoms with Crippen molar-refractivity contribution in [1.29, 1.82) is 0 Å². The van der Waals surface area contributed by atoms with Gasteiger partial charge in [0, 0.05) is 0 Å². The van der Waals surface area contributed by atoms with Crippen LogP contribution in [0.4, 0.5) is 0 Å². The lowest BCUT2D eigenvalue weighted by Crippen LogP contribution is -2.09. The van der Waals surface area contributed by atoms with Crippen molar-refractivity contribution in [2.75, 3.05) is 0 Å². The van der Waals surface area contributed by atoms with Crippen LogP contribution in [0.2, 0.25) is 0 Å². The highest BCUT2D eigenvalue weighted by molar-refractivity contribution is 7.75. The van der Waals surface area contributed by atoms with E-state index in [0.717, 1.165) is 0 Å². The van der Waals surface area contributed by atoms with Gasteiger partial charge >= 0.3 is 0 Å². The van der Waals surface area contributed by atoms with Crippen molar-refractivity contribution >= 4 is 18.5 Å². The second-order valence-corrected chi connectivity index (χ2v) is 5.96. The minimum atomic E-state index is -0.731. The van der Waals surface area contributed by atoms with Gasteiger partial charge in [-0.25, -0.2) is 0 Å². The summed E-state index contributed by atoms with van der Waals surface area (Å²) in [6.45, 7) is 2.09. The highest BCUT2D eigenvalue weighted by atomic mass is 31.1. The van der Waals surface area contributed by atoms with Crippen LogP contribution in [0.15, 0.2) is 72.6 Å². The standard InChI is InChI=1S/C15H15P/c1-2-13-16(14-9-5-3-6-10-14)15-11-7-4-8-12-15/h2-13H,1H3/p+1/b13-2+. The maximum atomic E-state index is 2.34. The van der Waals surface area contributed by atoms with Crippen molar-refractivity contribution in [1.82, 2.24) is 0 Å². The SMILES string of the molecule is C/C=C/[PH+](c1ccccc1)c1ccccc1. The molecule has 0 saturated heterocycles. The molecule has 0 nitrogen and oxygen atoms in total. The van der Waals surface area contributed by atoms with Crippen LogP contribution in [-0.2, 0) is 0 Å². The van der Waals surface area contributed by atoms with Gasteiger partial charge in [-0.1, -0.05) is 42.5 Å². The van der Waals surface area contributed by atoms with Gasteiger partial charge in [-0.15, -0.1) is 0 Å². The number of rotatable bonds is 3. The van der Waals surface area contributed by atoms with Crippen molar-refractivity contribution in [3.63, 3.8) is 0 Å². The van der Waals surface area contributed by atoms with Gasteiger partial charge in [-0.05, 0) is 31.2 Å². The smallest absolute Gasteiger partial charge is 0.0620 e. The third-order valence-electron chi connectivity index (χ3n) is 2.50. The molecule has 2 rings (SSSR count). The van der Waals surface area contributed by atoms with Gasteiger partial charge in [-0.2, -0.15) is 0 Å². The van der Waals surface area contributed by atoms with Crippen LogP contribution in [0.5, 0.6) is 0 Å². The molecule has 80 valence electrons. The lowest BCUT2D eigenvalue weighted by molar-refractivity contribution is 1.74. The zero-order chi connectivity index (χ0) is 11.2. The Morgan fingerprint density at radius 1 is 0.750 bits per heavy atom. The Bertz CT molecular complexity index is 406. The summed E-state index contributed by atoms with van der Waals surface area (Å²) in [5, 5.41) is 2.88. The lowest BCUT2D eigenvalue weighted by Gasteiger charge is -2.05. The van der Waals surface area contributed by atoms with E-state index in [1.54, 1.807) is 0 Å². The molecule has 2 aromatic rings. The molecule has 0 saturated carbocycles. The maximum absolute atomic E-state index is 2.34. The van der Waals surface area contributed by atoms with E-state index in [1.807, 2.05) is 0 Å². The fourth-order valence-electron chi connectivity index (χ4n) is 1.76. The molecule has 0 aliphatic rings. The summed E-state index contributed by atoms with van der Waals surface area (Å²) in [5.74, 6) is 2.34. The summed E-state index contributed by atoms with van der Waals surface area (Å²) < 4.78 is 0. The first-order valence-electron chi connectivity index (χ1n) is 5.52. The van der Waals surface area contributed by atoms with Gasteiger partial charge in [-0.3, -0.25) is 0 Å². The molecule has 0 unspecified atom stereocenters. The second-order valence-electron chi connectivity index (χ2n) is 3.65. The topological polar surface area (TPSA) is 0 Å². The van der Waals surface area contributed by atoms with E-state index in [4.69, 9.17) is 0 Å². The molecule has 0 bridgehead atoms. The molecule has 0 fully saturated rings. The van der Waals surface area contributed by atoms with Crippen LogP contribution >= 0.6 is 7.92 Å². The number of benzene rings is 2. The first-order chi connectivity index (χ1) is 7.92. The summed E-state index contributed by atoms with van der Waals surface area (Å²) >= 11 is 0. The van der Waals surface area contributed by atoms with E-state index in [-0.39, 0.29) is 0 Å². The van der Waals surface area contributed by atoms with Gasteiger partial charge in [0.15, 0.2) is 0 Å². The lowest BCUT2D eigenvalue weighted by atomic mass is 10.4. The molecule has 0 aromatic heterocycles. The Kier molecular flexibility index (Phi) is 3.91. The van der Waals surface area contributed by atoms with Gasteiger partial charge < -0.3 is 0 Å². The molecule has 0 heterocycles. The Morgan fingerprint density at radius 2 is 1.19 bits per heavy atom. The molecule has 0 atom stereocenters. The first kappa shape index (κ1) is 11.1. The largest absolute Gasteiger partial charge is 0.101 e. The summed E-state index contributed by atoms with van der Waals surface area (Å²) in [6.07, 6.45) is 2.16. The van der Waals surface area contributed by atoms with E-state index in [2.05, 4.69) is 79.5 Å². The minimum Gasteiger partial charge on any atom is -0.0620 e. The average molecular weight is 227 g/mol. The van der Waals surface area contributed by atoms with E-state index < -0.39 is 7.92 Å².